The average Bonchev–Trinajstić information content (AvgIpc) is 1.11. The fraction of sp³-hybridized carbons (Fsp3) is 0.482. The van der Waals surface area contributed by atoms with Gasteiger partial charge in [-0.15, -0.1) is 47.2 Å². The van der Waals surface area contributed by atoms with Crippen LogP contribution in [0.3, 0.4) is 0 Å². The third kappa shape index (κ3) is 47.5. The highest BCUT2D eigenvalue weighted by molar-refractivity contribution is 7.16. The molecular weight excluding hydrogens is 1910 g/mol. The highest BCUT2D eigenvalue weighted by Crippen LogP contribution is 2.39. The van der Waals surface area contributed by atoms with E-state index in [1.54, 1.807) is 60.8 Å². The topological polar surface area (TPSA) is 70.9 Å². The summed E-state index contributed by atoms with van der Waals surface area (Å²) < 4.78 is 195. The SMILES string of the molecule is C.C.C.C.CC(C)C1=Cc2cc(Cl)ccc2C1.CC(C)c1ccc(C(C)(C)C)cc1.CC(C)c1ccc(C(F)(F)F)o1.CC(C)c1ccc(Cl)s1.CC(C)c1ccc(Cl)s1.CC(C)c1ccc(OC(F)(F)F)cc1.CC(C)c1cccc(C(F)(F)F)c1.CC(C)c1cccc(C(F)(F)F)c1.CC(C)c1csc(C(F)(F)F)n1.CC(C)n1cc2ccccc2n1.CC(C)n1ccc(C2CCCCC2)n1. The number of fused-ring (bicyclic) bond motifs is 2. The van der Waals surface area contributed by atoms with Gasteiger partial charge in [0.05, 0.1) is 36.7 Å². The van der Waals surface area contributed by atoms with Crippen LogP contribution in [0.2, 0.25) is 13.7 Å². The zero-order valence-electron chi connectivity index (χ0n) is 81.4. The van der Waals surface area contributed by atoms with Crippen LogP contribution < -0.4 is 4.74 Å². The molecule has 6 aromatic heterocycles. The molecule has 0 N–H and O–H groups in total. The average molecular weight is 2060 g/mol. The molecule has 0 bridgehead atoms. The van der Waals surface area contributed by atoms with Gasteiger partial charge in [0.25, 0.3) is 0 Å². The van der Waals surface area contributed by atoms with Crippen LogP contribution in [0.25, 0.3) is 17.0 Å². The van der Waals surface area contributed by atoms with Gasteiger partial charge in [-0.25, -0.2) is 4.98 Å². The first-order valence-corrected chi connectivity index (χ1v) is 48.7. The standard InChI is InChI=1S/C13H20.C12H13Cl.C12H20N2.C10H11F3O.2C10H11F3.C10H12N2.C8H9F3O.2C7H9ClS.C7H8F3NS.4CH4/c1-10(2)11-6-8-12(9-7-11)13(3,4)5;1-8(2)10-5-9-3-4-12(13)7-11(9)6-10;1-10(2)14-9-8-12(13-14)11-6-4-3-5-7-11;1-7(2)8-3-5-9(6-4-8)14-10(11,12)13;2*1-7(2)8-4-3-5-9(6-8)10(11,12)13;1-8(2)12-7-9-5-3-4-6-10(9)11-12;1-5(2)6-3-4-7(12-6)8(9,10)11;2*1-5(2)6-3-4-7(8)9-6;1-4(2)5-3-12-6(11-5)7(8,9)10;;;;/h6-10H,1-5H3;3-4,6-8H,5H2,1-2H3;8-11H,3-7H2,1-2H3;3-7H,1-2H3;2*3-7H,1-2H3;3-8H,1-2H3;3-5H,1-2H3;2*3-5H,1-2H3;3-4H,1-2H3;4*1H4. The number of nitrogens with zero attached hydrogens (tertiary/aromatic N) is 5. The summed E-state index contributed by atoms with van der Waals surface area (Å²) in [7, 11) is 0. The number of thiophene rings is 2. The van der Waals surface area contributed by atoms with Crippen LogP contribution in [-0.4, -0.2) is 30.9 Å². The fourth-order valence-corrected chi connectivity index (χ4v) is 15.7. The molecule has 2 aliphatic rings. The van der Waals surface area contributed by atoms with E-state index >= 15 is 0 Å². The predicted molar refractivity (Wildman–Crippen MR) is 557 cm³/mol. The monoisotopic (exact) mass is 2060 g/mol. The van der Waals surface area contributed by atoms with Crippen LogP contribution in [0.15, 0.2) is 210 Å². The van der Waals surface area contributed by atoms with E-state index < -0.39 is 53.0 Å². The maximum atomic E-state index is 12.2. The summed E-state index contributed by atoms with van der Waals surface area (Å²) in [5, 5.41) is 11.8. The van der Waals surface area contributed by atoms with E-state index in [1.165, 1.54) is 129 Å². The van der Waals surface area contributed by atoms with Crippen molar-refractivity contribution in [1.82, 2.24) is 24.5 Å². The van der Waals surface area contributed by atoms with E-state index in [-0.39, 0.29) is 64.5 Å². The second-order valence-electron chi connectivity index (χ2n) is 36.8. The van der Waals surface area contributed by atoms with Crippen LogP contribution in [0, 0.1) is 5.92 Å². The third-order valence-corrected chi connectivity index (χ3v) is 25.1. The van der Waals surface area contributed by atoms with Gasteiger partial charge in [0.2, 0.25) is 5.76 Å². The van der Waals surface area contributed by atoms with Gasteiger partial charge in [0.15, 0.2) is 5.01 Å². The van der Waals surface area contributed by atoms with Gasteiger partial charge in [-0.2, -0.15) is 62.9 Å². The molecule has 14 rings (SSSR count). The number of furan rings is 1. The summed E-state index contributed by atoms with van der Waals surface area (Å²) in [5.74, 6) is 3.10. The number of hydrogen-bond acceptors (Lipinski definition) is 8. The molecule has 7 nitrogen and oxygen atoms in total. The van der Waals surface area contributed by atoms with E-state index in [4.69, 9.17) is 34.8 Å². The van der Waals surface area contributed by atoms with Crippen molar-refractivity contribution in [2.45, 2.75) is 343 Å². The lowest BCUT2D eigenvalue weighted by Gasteiger charge is -2.19. The van der Waals surface area contributed by atoms with Crippen LogP contribution in [0.5, 0.6) is 5.75 Å². The first kappa shape index (κ1) is 130. The molecular formula is C110H149Cl3F15N5O2S3. The number of rotatable bonds is 13. The summed E-state index contributed by atoms with van der Waals surface area (Å²) >= 11 is 21.3. The van der Waals surface area contributed by atoms with Crippen LogP contribution >= 0.6 is 68.8 Å². The van der Waals surface area contributed by atoms with Crippen LogP contribution in [0.4, 0.5) is 65.9 Å². The minimum atomic E-state index is -4.61. The minimum absolute atomic E-state index is 0. The van der Waals surface area contributed by atoms with Crippen molar-refractivity contribution in [3.8, 4) is 5.75 Å². The largest absolute Gasteiger partial charge is 0.573 e. The summed E-state index contributed by atoms with van der Waals surface area (Å²) in [5.41, 5.74) is 11.5. The van der Waals surface area contributed by atoms with Crippen LogP contribution in [0.1, 0.15) is 388 Å². The Kier molecular flexibility index (Phi) is 56.6. The fourth-order valence-electron chi connectivity index (χ4n) is 12.6. The molecule has 1 fully saturated rings. The lowest BCUT2D eigenvalue weighted by atomic mass is 9.86. The number of halogens is 18. The van der Waals surface area contributed by atoms with E-state index in [2.05, 4.69) is 206 Å². The minimum Gasteiger partial charge on any atom is -0.456 e. The second kappa shape index (κ2) is 60.2. The van der Waals surface area contributed by atoms with Crippen molar-refractivity contribution in [2.24, 2.45) is 5.92 Å². The van der Waals surface area contributed by atoms with Gasteiger partial charge in [-0.1, -0.05) is 338 Å². The van der Waals surface area contributed by atoms with E-state index in [9.17, 15) is 65.9 Å². The third-order valence-electron chi connectivity index (χ3n) is 20.9. The van der Waals surface area contributed by atoms with Crippen molar-refractivity contribution >= 4 is 85.8 Å². The molecule has 1 saturated carbocycles. The number of hydrogen-bond donors (Lipinski definition) is 0. The van der Waals surface area contributed by atoms with Crippen molar-refractivity contribution in [2.75, 3.05) is 0 Å². The Morgan fingerprint density at radius 2 is 0.891 bits per heavy atom. The Hall–Kier alpha value is -8.33. The van der Waals surface area contributed by atoms with Gasteiger partial charge >= 0.3 is 31.1 Å². The van der Waals surface area contributed by atoms with E-state index in [0.29, 0.717) is 64.5 Å². The van der Waals surface area contributed by atoms with Crippen molar-refractivity contribution in [3.63, 3.8) is 0 Å². The molecule has 0 radical (unpaired) electrons. The van der Waals surface area contributed by atoms with Gasteiger partial charge < -0.3 is 9.15 Å². The number of ether oxygens (including phenoxy) is 1. The molecule has 12 aromatic rings. The summed E-state index contributed by atoms with van der Waals surface area (Å²) in [6.45, 7) is 51.6. The molecule has 0 aliphatic heterocycles. The zero-order valence-corrected chi connectivity index (χ0v) is 86.1. The van der Waals surface area contributed by atoms with E-state index in [1.807, 2.05) is 103 Å². The normalized spacial score (nSPS) is 12.5. The van der Waals surface area contributed by atoms with Crippen molar-refractivity contribution < 1.29 is 75.0 Å². The Bertz CT molecular complexity index is 5180. The lowest BCUT2D eigenvalue weighted by molar-refractivity contribution is -0.274. The van der Waals surface area contributed by atoms with Crippen molar-refractivity contribution in [1.29, 1.82) is 0 Å². The molecule has 0 unspecified atom stereocenters. The van der Waals surface area contributed by atoms with Crippen LogP contribution in [-0.2, 0) is 36.5 Å². The number of thiazole rings is 1. The van der Waals surface area contributed by atoms with Gasteiger partial charge in [-0.3, -0.25) is 9.36 Å². The predicted octanol–water partition coefficient (Wildman–Crippen LogP) is 41.8. The molecule has 2 aliphatic carbocycles. The first-order chi connectivity index (χ1) is 62.0. The number of allylic oxidation sites excluding steroid dienone is 1. The lowest BCUT2D eigenvalue weighted by Crippen LogP contribution is -2.17. The molecule has 28 heteroatoms. The second-order valence-corrected chi connectivity index (χ2v) is 41.6. The molecule has 0 atom stereocenters. The molecule has 0 spiro atoms. The highest BCUT2D eigenvalue weighted by atomic mass is 35.5. The van der Waals surface area contributed by atoms with Crippen molar-refractivity contribution in [3.05, 3.63) is 307 Å². The Balaban J connectivity index is 0.00000149. The van der Waals surface area contributed by atoms with Gasteiger partial charge in [-0.05, 0) is 224 Å². The molecule has 6 aromatic carbocycles. The summed E-state index contributed by atoms with van der Waals surface area (Å²) in [6, 6.07) is 53.6. The quantitative estimate of drug-likeness (QED) is 0.108. The Morgan fingerprint density at radius 3 is 1.23 bits per heavy atom. The molecule has 0 amide bonds. The van der Waals surface area contributed by atoms with Gasteiger partial charge in [0.1, 0.15) is 11.5 Å². The van der Waals surface area contributed by atoms with Gasteiger partial charge in [0, 0.05) is 61.9 Å². The maximum absolute atomic E-state index is 12.2. The molecule has 770 valence electrons. The highest BCUT2D eigenvalue weighted by Gasteiger charge is 2.37. The smallest absolute Gasteiger partial charge is 0.456 e. The molecule has 138 heavy (non-hydrogen) atoms. The molecule has 0 saturated heterocycles. The Morgan fingerprint density at radius 1 is 0.420 bits per heavy atom. The number of benzene rings is 6. The Labute approximate surface area is 841 Å². The number of aromatic nitrogens is 5. The van der Waals surface area contributed by atoms with E-state index in [0.717, 1.165) is 66.4 Å². The first-order valence-electron chi connectivity index (χ1n) is 45.0. The maximum Gasteiger partial charge on any atom is 0.573 e. The zero-order chi connectivity index (χ0) is 101. The summed E-state index contributed by atoms with van der Waals surface area (Å²) in [4.78, 5) is 6.20. The number of alkyl halides is 15. The summed E-state index contributed by atoms with van der Waals surface area (Å²) in [6.07, 6.45) is -7.28. The molecule has 6 heterocycles.